The van der Waals surface area contributed by atoms with E-state index in [4.69, 9.17) is 17.0 Å². The molecule has 0 aliphatic carbocycles. The molecule has 3 rings (SSSR count). The fourth-order valence-corrected chi connectivity index (χ4v) is 4.40. The van der Waals surface area contributed by atoms with Crippen LogP contribution in [0.3, 0.4) is 0 Å². The van der Waals surface area contributed by atoms with Crippen LogP contribution in [0.2, 0.25) is 0 Å². The first kappa shape index (κ1) is 20.4. The zero-order valence-electron chi connectivity index (χ0n) is 15.3. The van der Waals surface area contributed by atoms with Crippen LogP contribution in [-0.2, 0) is 14.8 Å². The molecule has 0 spiro atoms. The number of nitrogens with one attached hydrogen (secondary N) is 2. The number of sulfonamides is 1. The summed E-state index contributed by atoms with van der Waals surface area (Å²) in [6.45, 7) is 3.03. The Hall–Kier alpha value is -2.33. The van der Waals surface area contributed by atoms with Gasteiger partial charge in [-0.3, -0.25) is 4.79 Å². The monoisotopic (exact) mass is 419 g/mol. The average Bonchev–Trinajstić information content (AvgIpc) is 2.69. The molecule has 2 aromatic rings. The number of Topliss-reactive ketones (excluding diaryl/α,β-unsaturated/α-hetero) is 1. The number of carbonyl (C=O) groups excluding carboxylic acids is 1. The number of anilines is 2. The quantitative estimate of drug-likeness (QED) is 0.569. The number of thiocarbonyl (C=S) groups is 1. The maximum Gasteiger partial charge on any atom is 0.243 e. The van der Waals surface area contributed by atoms with E-state index in [1.54, 1.807) is 48.5 Å². The minimum Gasteiger partial charge on any atom is -0.379 e. The Labute approximate surface area is 169 Å². The maximum atomic E-state index is 12.6. The van der Waals surface area contributed by atoms with Gasteiger partial charge in [0.15, 0.2) is 10.9 Å². The van der Waals surface area contributed by atoms with E-state index in [0.717, 1.165) is 0 Å². The molecule has 7 nitrogen and oxygen atoms in total. The van der Waals surface area contributed by atoms with Gasteiger partial charge < -0.3 is 15.4 Å². The summed E-state index contributed by atoms with van der Waals surface area (Å²) in [5, 5.41) is 6.35. The van der Waals surface area contributed by atoms with Crippen molar-refractivity contribution in [3.05, 3.63) is 54.1 Å². The molecule has 2 aromatic carbocycles. The molecule has 1 fully saturated rings. The van der Waals surface area contributed by atoms with Gasteiger partial charge in [-0.05, 0) is 55.5 Å². The van der Waals surface area contributed by atoms with Gasteiger partial charge in [0.1, 0.15) is 0 Å². The fraction of sp³-hybridized carbons (Fsp3) is 0.263. The number of morpholine rings is 1. The fourth-order valence-electron chi connectivity index (χ4n) is 2.76. The van der Waals surface area contributed by atoms with Gasteiger partial charge >= 0.3 is 0 Å². The van der Waals surface area contributed by atoms with E-state index in [9.17, 15) is 13.2 Å². The Kier molecular flexibility index (Phi) is 6.40. The van der Waals surface area contributed by atoms with Gasteiger partial charge in [0, 0.05) is 30.0 Å². The molecule has 1 aliphatic rings. The standard InChI is InChI=1S/C19H21N3O4S2/c1-14(23)15-3-2-4-17(13-15)21-19(27)20-16-5-7-18(8-6-16)28(24,25)22-9-11-26-12-10-22/h2-8,13H,9-12H2,1H3,(H2,20,21,27). The molecule has 1 heterocycles. The normalized spacial score (nSPS) is 15.0. The van der Waals surface area contributed by atoms with Crippen molar-refractivity contribution in [2.24, 2.45) is 0 Å². The topological polar surface area (TPSA) is 87.7 Å². The summed E-state index contributed by atoms with van der Waals surface area (Å²) in [4.78, 5) is 11.7. The first-order chi connectivity index (χ1) is 13.4. The van der Waals surface area contributed by atoms with Gasteiger partial charge in [-0.25, -0.2) is 8.42 Å². The Morgan fingerprint density at radius 1 is 1.04 bits per heavy atom. The zero-order valence-corrected chi connectivity index (χ0v) is 17.0. The summed E-state index contributed by atoms with van der Waals surface area (Å²) >= 11 is 5.29. The molecule has 148 valence electrons. The van der Waals surface area contributed by atoms with Crippen molar-refractivity contribution in [3.63, 3.8) is 0 Å². The largest absolute Gasteiger partial charge is 0.379 e. The molecule has 0 atom stereocenters. The molecular weight excluding hydrogens is 398 g/mol. The highest BCUT2D eigenvalue weighted by Gasteiger charge is 2.26. The summed E-state index contributed by atoms with van der Waals surface area (Å²) in [6, 6.07) is 13.4. The van der Waals surface area contributed by atoms with Crippen molar-refractivity contribution < 1.29 is 17.9 Å². The minimum absolute atomic E-state index is 0.0282. The van der Waals surface area contributed by atoms with Crippen molar-refractivity contribution in [2.75, 3.05) is 36.9 Å². The Balaban J connectivity index is 1.64. The first-order valence-corrected chi connectivity index (χ1v) is 10.6. The van der Waals surface area contributed by atoms with Crippen molar-refractivity contribution in [3.8, 4) is 0 Å². The molecular formula is C19H21N3O4S2. The van der Waals surface area contributed by atoms with Crippen molar-refractivity contribution in [1.82, 2.24) is 4.31 Å². The first-order valence-electron chi connectivity index (χ1n) is 8.73. The number of ketones is 1. The van der Waals surface area contributed by atoms with Gasteiger partial charge in [0.05, 0.1) is 18.1 Å². The number of benzene rings is 2. The van der Waals surface area contributed by atoms with Gasteiger partial charge in [-0.2, -0.15) is 4.31 Å². The number of hydrogen-bond acceptors (Lipinski definition) is 5. The van der Waals surface area contributed by atoms with Crippen molar-refractivity contribution in [2.45, 2.75) is 11.8 Å². The average molecular weight is 420 g/mol. The van der Waals surface area contributed by atoms with Crippen LogP contribution in [0.25, 0.3) is 0 Å². The lowest BCUT2D eigenvalue weighted by molar-refractivity contribution is 0.0730. The van der Waals surface area contributed by atoms with E-state index < -0.39 is 10.0 Å². The van der Waals surface area contributed by atoms with Crippen LogP contribution < -0.4 is 10.6 Å². The third-order valence-corrected chi connectivity index (χ3v) is 6.36. The highest BCUT2D eigenvalue weighted by molar-refractivity contribution is 7.89. The number of ether oxygens (including phenoxy) is 1. The predicted molar refractivity (Wildman–Crippen MR) is 112 cm³/mol. The van der Waals surface area contributed by atoms with E-state index >= 15 is 0 Å². The lowest BCUT2D eigenvalue weighted by atomic mass is 10.1. The highest BCUT2D eigenvalue weighted by Crippen LogP contribution is 2.20. The molecule has 0 unspecified atom stereocenters. The summed E-state index contributed by atoms with van der Waals surface area (Å²) in [5.41, 5.74) is 1.93. The van der Waals surface area contributed by atoms with Gasteiger partial charge in [-0.1, -0.05) is 12.1 Å². The minimum atomic E-state index is -3.52. The molecule has 9 heteroatoms. The van der Waals surface area contributed by atoms with Crippen LogP contribution >= 0.6 is 12.2 Å². The van der Waals surface area contributed by atoms with E-state index in [1.807, 2.05) is 0 Å². The third-order valence-electron chi connectivity index (χ3n) is 4.25. The van der Waals surface area contributed by atoms with Crippen LogP contribution in [0.5, 0.6) is 0 Å². The summed E-state index contributed by atoms with van der Waals surface area (Å²) in [5.74, 6) is -0.0282. The van der Waals surface area contributed by atoms with E-state index in [1.165, 1.54) is 11.2 Å². The Bertz CT molecular complexity index is 969. The number of hydrogen-bond donors (Lipinski definition) is 2. The molecule has 2 N–H and O–H groups in total. The second-order valence-electron chi connectivity index (χ2n) is 6.26. The summed E-state index contributed by atoms with van der Waals surface area (Å²) in [6.07, 6.45) is 0. The SMILES string of the molecule is CC(=O)c1cccc(NC(=S)Nc2ccc(S(=O)(=O)N3CCOCC3)cc2)c1. The zero-order chi connectivity index (χ0) is 20.1. The predicted octanol–water partition coefficient (Wildman–Crippen LogP) is 2.72. The van der Waals surface area contributed by atoms with E-state index in [-0.39, 0.29) is 10.7 Å². The molecule has 0 bridgehead atoms. The molecule has 1 saturated heterocycles. The van der Waals surface area contributed by atoms with Crippen molar-refractivity contribution in [1.29, 1.82) is 0 Å². The molecule has 0 amide bonds. The van der Waals surface area contributed by atoms with Crippen molar-refractivity contribution >= 4 is 44.5 Å². The maximum absolute atomic E-state index is 12.6. The van der Waals surface area contributed by atoms with Crippen LogP contribution in [0.4, 0.5) is 11.4 Å². The molecule has 0 saturated carbocycles. The van der Waals surface area contributed by atoms with Gasteiger partial charge in [0.25, 0.3) is 0 Å². The Morgan fingerprint density at radius 2 is 1.68 bits per heavy atom. The van der Waals surface area contributed by atoms with Crippen LogP contribution in [0.15, 0.2) is 53.4 Å². The van der Waals surface area contributed by atoms with Crippen LogP contribution in [0.1, 0.15) is 17.3 Å². The molecule has 1 aliphatic heterocycles. The number of carbonyl (C=O) groups is 1. The van der Waals surface area contributed by atoms with Gasteiger partial charge in [0.2, 0.25) is 10.0 Å². The second-order valence-corrected chi connectivity index (χ2v) is 8.60. The number of rotatable bonds is 5. The van der Waals surface area contributed by atoms with E-state index in [2.05, 4.69) is 10.6 Å². The van der Waals surface area contributed by atoms with Crippen LogP contribution in [0, 0.1) is 0 Å². The molecule has 28 heavy (non-hydrogen) atoms. The smallest absolute Gasteiger partial charge is 0.243 e. The lowest BCUT2D eigenvalue weighted by Gasteiger charge is -2.26. The summed E-state index contributed by atoms with van der Waals surface area (Å²) < 4.78 is 31.9. The summed E-state index contributed by atoms with van der Waals surface area (Å²) in [7, 11) is -3.52. The third kappa shape index (κ3) is 4.93. The van der Waals surface area contributed by atoms with Gasteiger partial charge in [-0.15, -0.1) is 0 Å². The van der Waals surface area contributed by atoms with Crippen LogP contribution in [-0.4, -0.2) is 49.9 Å². The lowest BCUT2D eigenvalue weighted by Crippen LogP contribution is -2.40. The molecule has 0 radical (unpaired) electrons. The van der Waals surface area contributed by atoms with E-state index in [0.29, 0.717) is 48.4 Å². The molecule has 0 aromatic heterocycles. The highest BCUT2D eigenvalue weighted by atomic mass is 32.2. The number of nitrogens with zero attached hydrogens (tertiary/aromatic N) is 1. The Morgan fingerprint density at radius 3 is 2.32 bits per heavy atom. The second kappa shape index (κ2) is 8.78.